The lowest BCUT2D eigenvalue weighted by Gasteiger charge is -2.07. The fourth-order valence-electron chi connectivity index (χ4n) is 1.37. The SMILES string of the molecule is O=C(NCCNc1ncccc1Br)C1CC1. The molecular formula is C11H14BrN3O. The first-order chi connectivity index (χ1) is 7.77. The van der Waals surface area contributed by atoms with Gasteiger partial charge in [0.1, 0.15) is 5.82 Å². The van der Waals surface area contributed by atoms with Crippen molar-refractivity contribution in [1.82, 2.24) is 10.3 Å². The van der Waals surface area contributed by atoms with Crippen LogP contribution in [0.4, 0.5) is 5.82 Å². The molecule has 0 spiro atoms. The van der Waals surface area contributed by atoms with Crippen molar-refractivity contribution < 1.29 is 4.79 Å². The number of anilines is 1. The third-order valence-electron chi connectivity index (χ3n) is 2.42. The molecule has 0 saturated heterocycles. The molecule has 5 heteroatoms. The summed E-state index contributed by atoms with van der Waals surface area (Å²) in [4.78, 5) is 15.5. The maximum Gasteiger partial charge on any atom is 0.223 e. The van der Waals surface area contributed by atoms with Gasteiger partial charge in [-0.3, -0.25) is 4.79 Å². The van der Waals surface area contributed by atoms with Gasteiger partial charge in [0, 0.05) is 25.2 Å². The van der Waals surface area contributed by atoms with Gasteiger partial charge in [-0.2, -0.15) is 0 Å². The van der Waals surface area contributed by atoms with Crippen LogP contribution in [-0.4, -0.2) is 24.0 Å². The molecule has 4 nitrogen and oxygen atoms in total. The number of amides is 1. The molecule has 0 atom stereocenters. The minimum atomic E-state index is 0.182. The zero-order valence-electron chi connectivity index (χ0n) is 8.87. The molecule has 0 radical (unpaired) electrons. The van der Waals surface area contributed by atoms with E-state index in [1.807, 2.05) is 12.1 Å². The second-order valence-electron chi connectivity index (χ2n) is 3.83. The fraction of sp³-hybridized carbons (Fsp3) is 0.455. The Kier molecular flexibility index (Phi) is 3.77. The van der Waals surface area contributed by atoms with Crippen molar-refractivity contribution in [2.24, 2.45) is 5.92 Å². The highest BCUT2D eigenvalue weighted by atomic mass is 79.9. The predicted octanol–water partition coefficient (Wildman–Crippen LogP) is 1.78. The summed E-state index contributed by atoms with van der Waals surface area (Å²) in [6, 6.07) is 3.79. The lowest BCUT2D eigenvalue weighted by Crippen LogP contribution is -2.29. The average molecular weight is 284 g/mol. The van der Waals surface area contributed by atoms with E-state index in [4.69, 9.17) is 0 Å². The fourth-order valence-corrected chi connectivity index (χ4v) is 1.77. The number of halogens is 1. The summed E-state index contributed by atoms with van der Waals surface area (Å²) in [5.41, 5.74) is 0. The molecule has 1 fully saturated rings. The highest BCUT2D eigenvalue weighted by molar-refractivity contribution is 9.10. The molecule has 0 unspecified atom stereocenters. The molecule has 0 aromatic carbocycles. The Morgan fingerprint density at radius 2 is 2.31 bits per heavy atom. The van der Waals surface area contributed by atoms with Crippen LogP contribution in [0.2, 0.25) is 0 Å². The highest BCUT2D eigenvalue weighted by Gasteiger charge is 2.28. The molecule has 2 N–H and O–H groups in total. The molecule has 1 aromatic rings. The third kappa shape index (κ3) is 3.20. The van der Waals surface area contributed by atoms with Crippen molar-refractivity contribution in [3.05, 3.63) is 22.8 Å². The van der Waals surface area contributed by atoms with E-state index in [9.17, 15) is 4.79 Å². The second-order valence-corrected chi connectivity index (χ2v) is 4.68. The van der Waals surface area contributed by atoms with Crippen molar-refractivity contribution in [2.75, 3.05) is 18.4 Å². The smallest absolute Gasteiger partial charge is 0.223 e. The minimum absolute atomic E-state index is 0.182. The Morgan fingerprint density at radius 3 is 3.00 bits per heavy atom. The summed E-state index contributed by atoms with van der Waals surface area (Å²) in [5, 5.41) is 6.04. The normalized spacial score (nSPS) is 14.6. The summed E-state index contributed by atoms with van der Waals surface area (Å²) in [7, 11) is 0. The molecule has 2 rings (SSSR count). The van der Waals surface area contributed by atoms with Crippen molar-refractivity contribution in [3.8, 4) is 0 Å². The number of carbonyl (C=O) groups is 1. The van der Waals surface area contributed by atoms with Crippen molar-refractivity contribution in [2.45, 2.75) is 12.8 Å². The van der Waals surface area contributed by atoms with Gasteiger partial charge in [0.25, 0.3) is 0 Å². The standard InChI is InChI=1S/C11H14BrN3O/c12-9-2-1-5-13-10(9)14-6-7-15-11(16)8-3-4-8/h1-2,5,8H,3-4,6-7H2,(H,13,14)(H,15,16). The van der Waals surface area contributed by atoms with Gasteiger partial charge in [-0.25, -0.2) is 4.98 Å². The van der Waals surface area contributed by atoms with Gasteiger partial charge in [-0.15, -0.1) is 0 Å². The minimum Gasteiger partial charge on any atom is -0.367 e. The Morgan fingerprint density at radius 1 is 1.50 bits per heavy atom. The van der Waals surface area contributed by atoms with E-state index in [0.717, 1.165) is 23.1 Å². The molecule has 0 bridgehead atoms. The van der Waals surface area contributed by atoms with E-state index >= 15 is 0 Å². The van der Waals surface area contributed by atoms with Gasteiger partial charge in [0.15, 0.2) is 0 Å². The Labute approximate surface area is 103 Å². The largest absolute Gasteiger partial charge is 0.367 e. The topological polar surface area (TPSA) is 54.0 Å². The van der Waals surface area contributed by atoms with E-state index < -0.39 is 0 Å². The lowest BCUT2D eigenvalue weighted by atomic mass is 10.4. The predicted molar refractivity (Wildman–Crippen MR) is 66.2 cm³/mol. The number of nitrogens with one attached hydrogen (secondary N) is 2. The molecule has 1 amide bonds. The van der Waals surface area contributed by atoms with Gasteiger partial charge in [-0.1, -0.05) is 0 Å². The number of aromatic nitrogens is 1. The zero-order chi connectivity index (χ0) is 11.4. The molecule has 0 aliphatic heterocycles. The summed E-state index contributed by atoms with van der Waals surface area (Å²) in [6.45, 7) is 1.33. The average Bonchev–Trinajstić information content (AvgIpc) is 3.10. The molecule has 1 aliphatic rings. The van der Waals surface area contributed by atoms with E-state index in [0.29, 0.717) is 13.1 Å². The zero-order valence-corrected chi connectivity index (χ0v) is 10.5. The highest BCUT2D eigenvalue weighted by Crippen LogP contribution is 2.28. The maximum absolute atomic E-state index is 11.3. The van der Waals surface area contributed by atoms with E-state index in [1.54, 1.807) is 6.20 Å². The van der Waals surface area contributed by atoms with Gasteiger partial charge >= 0.3 is 0 Å². The molecule has 16 heavy (non-hydrogen) atoms. The van der Waals surface area contributed by atoms with Crippen LogP contribution >= 0.6 is 15.9 Å². The quantitative estimate of drug-likeness (QED) is 0.810. The summed E-state index contributed by atoms with van der Waals surface area (Å²) in [6.07, 6.45) is 3.83. The summed E-state index contributed by atoms with van der Waals surface area (Å²) in [5.74, 6) is 1.27. The van der Waals surface area contributed by atoms with Crippen molar-refractivity contribution in [1.29, 1.82) is 0 Å². The molecule has 1 saturated carbocycles. The first-order valence-corrected chi connectivity index (χ1v) is 6.19. The van der Waals surface area contributed by atoms with E-state index in [-0.39, 0.29) is 11.8 Å². The lowest BCUT2D eigenvalue weighted by molar-refractivity contribution is -0.122. The molecule has 1 aliphatic carbocycles. The van der Waals surface area contributed by atoms with Crippen LogP contribution in [0.15, 0.2) is 22.8 Å². The number of nitrogens with zero attached hydrogens (tertiary/aromatic N) is 1. The third-order valence-corrected chi connectivity index (χ3v) is 3.06. The number of pyridine rings is 1. The van der Waals surface area contributed by atoms with E-state index in [2.05, 4.69) is 31.5 Å². The number of hydrogen-bond donors (Lipinski definition) is 2. The van der Waals surface area contributed by atoms with Gasteiger partial charge in [-0.05, 0) is 40.9 Å². The van der Waals surface area contributed by atoms with Crippen molar-refractivity contribution >= 4 is 27.7 Å². The first kappa shape index (κ1) is 11.4. The monoisotopic (exact) mass is 283 g/mol. The van der Waals surface area contributed by atoms with Crippen LogP contribution < -0.4 is 10.6 Å². The van der Waals surface area contributed by atoms with Crippen molar-refractivity contribution in [3.63, 3.8) is 0 Å². The van der Waals surface area contributed by atoms with Crippen LogP contribution in [0, 0.1) is 5.92 Å². The van der Waals surface area contributed by atoms with Crippen LogP contribution in [0.5, 0.6) is 0 Å². The van der Waals surface area contributed by atoms with Crippen LogP contribution in [0.25, 0.3) is 0 Å². The number of rotatable bonds is 5. The first-order valence-electron chi connectivity index (χ1n) is 5.39. The molecular weight excluding hydrogens is 270 g/mol. The molecule has 1 aromatic heterocycles. The second kappa shape index (κ2) is 5.30. The Hall–Kier alpha value is -1.10. The Balaban J connectivity index is 1.67. The van der Waals surface area contributed by atoms with E-state index in [1.165, 1.54) is 0 Å². The summed E-state index contributed by atoms with van der Waals surface area (Å²) < 4.78 is 0.934. The molecule has 86 valence electrons. The summed E-state index contributed by atoms with van der Waals surface area (Å²) >= 11 is 3.40. The Bertz CT molecular complexity index is 379. The van der Waals surface area contributed by atoms with Crippen LogP contribution in [-0.2, 0) is 4.79 Å². The van der Waals surface area contributed by atoms with Gasteiger partial charge < -0.3 is 10.6 Å². The number of carbonyl (C=O) groups excluding carboxylic acids is 1. The maximum atomic E-state index is 11.3. The van der Waals surface area contributed by atoms with Gasteiger partial charge in [0.2, 0.25) is 5.91 Å². The molecule has 1 heterocycles. The number of hydrogen-bond acceptors (Lipinski definition) is 3. The van der Waals surface area contributed by atoms with Crippen LogP contribution in [0.3, 0.4) is 0 Å². The van der Waals surface area contributed by atoms with Crippen LogP contribution in [0.1, 0.15) is 12.8 Å². The van der Waals surface area contributed by atoms with Gasteiger partial charge in [0.05, 0.1) is 4.47 Å².